The summed E-state index contributed by atoms with van der Waals surface area (Å²) in [6.45, 7) is 2.60. The van der Waals surface area contributed by atoms with Crippen molar-refractivity contribution in [1.82, 2.24) is 9.97 Å². The molecule has 1 fully saturated rings. The molecule has 5 heteroatoms. The molecule has 0 aromatic carbocycles. The van der Waals surface area contributed by atoms with E-state index in [4.69, 9.17) is 10.5 Å². The van der Waals surface area contributed by atoms with E-state index in [0.29, 0.717) is 23.7 Å². The van der Waals surface area contributed by atoms with Gasteiger partial charge in [-0.1, -0.05) is 6.42 Å². The Morgan fingerprint density at radius 2 is 2.29 bits per heavy atom. The predicted octanol–water partition coefficient (Wildman–Crippen LogP) is 1.33. The summed E-state index contributed by atoms with van der Waals surface area (Å²) in [5.74, 6) is 2.70. The van der Waals surface area contributed by atoms with Gasteiger partial charge in [-0.2, -0.15) is 4.98 Å². The van der Waals surface area contributed by atoms with Crippen LogP contribution in [0.15, 0.2) is 6.07 Å². The van der Waals surface area contributed by atoms with Crippen LogP contribution in [0, 0.1) is 12.8 Å². The third-order valence-electron chi connectivity index (χ3n) is 3.32. The molecule has 2 rings (SSSR count). The highest BCUT2D eigenvalue weighted by Crippen LogP contribution is 2.27. The van der Waals surface area contributed by atoms with Crippen molar-refractivity contribution in [3.8, 4) is 5.88 Å². The molecule has 0 aliphatic heterocycles. The molecule has 17 heavy (non-hydrogen) atoms. The van der Waals surface area contributed by atoms with E-state index in [1.54, 1.807) is 7.11 Å². The van der Waals surface area contributed by atoms with Gasteiger partial charge < -0.3 is 15.8 Å². The molecule has 1 heterocycles. The maximum absolute atomic E-state index is 5.77. The number of methoxy groups -OCH3 is 1. The Morgan fingerprint density at radius 3 is 3.00 bits per heavy atom. The summed E-state index contributed by atoms with van der Waals surface area (Å²) in [5, 5.41) is 3.45. The summed E-state index contributed by atoms with van der Waals surface area (Å²) in [5.41, 5.74) is 5.77. The normalized spacial score (nSPS) is 23.7. The topological polar surface area (TPSA) is 73.1 Å². The first-order valence-electron chi connectivity index (χ1n) is 6.09. The third kappa shape index (κ3) is 2.85. The lowest BCUT2D eigenvalue weighted by molar-refractivity contribution is 0.395. The Bertz CT molecular complexity index is 383. The number of nitrogens with one attached hydrogen (secondary N) is 1. The lowest BCUT2D eigenvalue weighted by atomic mass is 10.0. The van der Waals surface area contributed by atoms with E-state index < -0.39 is 0 Å². The predicted molar refractivity (Wildman–Crippen MR) is 67.1 cm³/mol. The Morgan fingerprint density at radius 1 is 1.47 bits per heavy atom. The van der Waals surface area contributed by atoms with Gasteiger partial charge in [0.2, 0.25) is 5.88 Å². The van der Waals surface area contributed by atoms with Crippen LogP contribution in [0.2, 0.25) is 0 Å². The number of rotatable bonds is 4. The first-order chi connectivity index (χ1) is 8.22. The lowest BCUT2D eigenvalue weighted by Gasteiger charge is -2.20. The van der Waals surface area contributed by atoms with Crippen LogP contribution < -0.4 is 15.8 Å². The van der Waals surface area contributed by atoms with Gasteiger partial charge in [0.05, 0.1) is 7.11 Å². The lowest BCUT2D eigenvalue weighted by Crippen LogP contribution is -2.29. The highest BCUT2D eigenvalue weighted by molar-refractivity contribution is 5.39. The van der Waals surface area contributed by atoms with Gasteiger partial charge in [0.1, 0.15) is 11.6 Å². The van der Waals surface area contributed by atoms with E-state index in [1.807, 2.05) is 13.0 Å². The molecule has 0 spiro atoms. The molecule has 2 unspecified atom stereocenters. The van der Waals surface area contributed by atoms with E-state index in [9.17, 15) is 0 Å². The Kier molecular flexibility index (Phi) is 3.78. The number of aryl methyl sites for hydroxylation is 1. The number of aromatic nitrogens is 2. The van der Waals surface area contributed by atoms with Gasteiger partial charge in [-0.25, -0.2) is 4.98 Å². The standard InChI is InChI=1S/C12H20N4O/c1-8-14-11(6-12(15-8)17-2)16-10-5-3-4-9(10)7-13/h6,9-10H,3-5,7,13H2,1-2H3,(H,14,15,16). The van der Waals surface area contributed by atoms with E-state index in [1.165, 1.54) is 12.8 Å². The van der Waals surface area contributed by atoms with Crippen molar-refractivity contribution in [1.29, 1.82) is 0 Å². The molecule has 1 aliphatic carbocycles. The molecule has 0 saturated heterocycles. The van der Waals surface area contributed by atoms with Gasteiger partial charge >= 0.3 is 0 Å². The van der Waals surface area contributed by atoms with Crippen molar-refractivity contribution in [2.75, 3.05) is 19.0 Å². The zero-order valence-corrected chi connectivity index (χ0v) is 10.4. The molecule has 0 amide bonds. The Hall–Kier alpha value is -1.36. The molecular formula is C12H20N4O. The molecule has 1 aromatic rings. The molecule has 0 bridgehead atoms. The summed E-state index contributed by atoms with van der Waals surface area (Å²) in [6, 6.07) is 2.26. The summed E-state index contributed by atoms with van der Waals surface area (Å²) in [6.07, 6.45) is 3.60. The molecule has 2 atom stereocenters. The zero-order valence-electron chi connectivity index (χ0n) is 10.4. The van der Waals surface area contributed by atoms with Crippen LogP contribution in [-0.4, -0.2) is 29.7 Å². The molecule has 94 valence electrons. The van der Waals surface area contributed by atoms with Gasteiger partial charge in [-0.05, 0) is 32.2 Å². The number of hydrogen-bond donors (Lipinski definition) is 2. The number of nitrogens with zero attached hydrogens (tertiary/aromatic N) is 2. The summed E-state index contributed by atoms with van der Waals surface area (Å²) in [7, 11) is 1.61. The van der Waals surface area contributed by atoms with E-state index >= 15 is 0 Å². The highest BCUT2D eigenvalue weighted by Gasteiger charge is 2.26. The van der Waals surface area contributed by atoms with Crippen molar-refractivity contribution < 1.29 is 4.74 Å². The van der Waals surface area contributed by atoms with Crippen LogP contribution in [0.5, 0.6) is 5.88 Å². The van der Waals surface area contributed by atoms with Crippen LogP contribution >= 0.6 is 0 Å². The second kappa shape index (κ2) is 5.31. The average Bonchev–Trinajstić information content (AvgIpc) is 2.75. The maximum Gasteiger partial charge on any atom is 0.218 e. The number of nitrogens with two attached hydrogens (primary N) is 1. The minimum atomic E-state index is 0.430. The monoisotopic (exact) mass is 236 g/mol. The summed E-state index contributed by atoms with van der Waals surface area (Å²) >= 11 is 0. The number of anilines is 1. The fourth-order valence-corrected chi connectivity index (χ4v) is 2.42. The largest absolute Gasteiger partial charge is 0.481 e. The van der Waals surface area contributed by atoms with Gasteiger partial charge in [-0.15, -0.1) is 0 Å². The molecule has 5 nitrogen and oxygen atoms in total. The third-order valence-corrected chi connectivity index (χ3v) is 3.32. The van der Waals surface area contributed by atoms with E-state index in [-0.39, 0.29) is 0 Å². The first-order valence-corrected chi connectivity index (χ1v) is 6.09. The zero-order chi connectivity index (χ0) is 12.3. The molecule has 3 N–H and O–H groups in total. The quantitative estimate of drug-likeness (QED) is 0.825. The average molecular weight is 236 g/mol. The number of ether oxygens (including phenoxy) is 1. The molecule has 0 radical (unpaired) electrons. The minimum absolute atomic E-state index is 0.430. The summed E-state index contributed by atoms with van der Waals surface area (Å²) in [4.78, 5) is 8.54. The minimum Gasteiger partial charge on any atom is -0.481 e. The van der Waals surface area contributed by atoms with Gasteiger partial charge in [0.15, 0.2) is 0 Å². The molecule has 1 aliphatic rings. The van der Waals surface area contributed by atoms with Crippen molar-refractivity contribution >= 4 is 5.82 Å². The van der Waals surface area contributed by atoms with Gasteiger partial charge in [0.25, 0.3) is 0 Å². The van der Waals surface area contributed by atoms with Crippen LogP contribution in [0.25, 0.3) is 0 Å². The van der Waals surface area contributed by atoms with Crippen molar-refractivity contribution in [3.05, 3.63) is 11.9 Å². The highest BCUT2D eigenvalue weighted by atomic mass is 16.5. The SMILES string of the molecule is COc1cc(NC2CCCC2CN)nc(C)n1. The van der Waals surface area contributed by atoms with Crippen molar-refractivity contribution in [2.24, 2.45) is 11.7 Å². The molecule has 1 saturated carbocycles. The van der Waals surface area contributed by atoms with Crippen LogP contribution in [0.4, 0.5) is 5.82 Å². The van der Waals surface area contributed by atoms with Crippen LogP contribution in [0.3, 0.4) is 0 Å². The smallest absolute Gasteiger partial charge is 0.218 e. The molecule has 1 aromatic heterocycles. The Balaban J connectivity index is 2.09. The van der Waals surface area contributed by atoms with E-state index in [2.05, 4.69) is 15.3 Å². The summed E-state index contributed by atoms with van der Waals surface area (Å²) < 4.78 is 5.14. The fraction of sp³-hybridized carbons (Fsp3) is 0.667. The van der Waals surface area contributed by atoms with Gasteiger partial charge in [0, 0.05) is 12.1 Å². The van der Waals surface area contributed by atoms with Crippen LogP contribution in [-0.2, 0) is 0 Å². The number of hydrogen-bond acceptors (Lipinski definition) is 5. The van der Waals surface area contributed by atoms with Crippen molar-refractivity contribution in [2.45, 2.75) is 32.2 Å². The molecular weight excluding hydrogens is 216 g/mol. The Labute approximate surface area is 102 Å². The van der Waals surface area contributed by atoms with Gasteiger partial charge in [-0.3, -0.25) is 0 Å². The van der Waals surface area contributed by atoms with Crippen molar-refractivity contribution in [3.63, 3.8) is 0 Å². The second-order valence-corrected chi connectivity index (χ2v) is 4.52. The van der Waals surface area contributed by atoms with Crippen LogP contribution in [0.1, 0.15) is 25.1 Å². The van der Waals surface area contributed by atoms with E-state index in [0.717, 1.165) is 18.8 Å². The maximum atomic E-state index is 5.77. The second-order valence-electron chi connectivity index (χ2n) is 4.52. The first kappa shape index (κ1) is 12.1. The fourth-order valence-electron chi connectivity index (χ4n) is 2.42.